The SMILES string of the molecule is COc1ccc(NC(=O)c2ccnc(NCCc3ccc(Cl)cc3)n2)cc1. The smallest absolute Gasteiger partial charge is 0.274 e. The Morgan fingerprint density at radius 1 is 1.07 bits per heavy atom. The van der Waals surface area contributed by atoms with Crippen LogP contribution in [0.4, 0.5) is 11.6 Å². The van der Waals surface area contributed by atoms with E-state index in [0.717, 1.165) is 17.7 Å². The summed E-state index contributed by atoms with van der Waals surface area (Å²) >= 11 is 5.88. The van der Waals surface area contributed by atoms with Crippen molar-refractivity contribution in [3.8, 4) is 5.75 Å². The number of hydrogen-bond acceptors (Lipinski definition) is 5. The van der Waals surface area contributed by atoms with E-state index in [1.807, 2.05) is 24.3 Å². The molecule has 2 aromatic carbocycles. The van der Waals surface area contributed by atoms with Crippen molar-refractivity contribution in [2.45, 2.75) is 6.42 Å². The van der Waals surface area contributed by atoms with Gasteiger partial charge in [0.15, 0.2) is 0 Å². The highest BCUT2D eigenvalue weighted by molar-refractivity contribution is 6.30. The van der Waals surface area contributed by atoms with Gasteiger partial charge < -0.3 is 15.4 Å². The Labute approximate surface area is 162 Å². The van der Waals surface area contributed by atoms with Gasteiger partial charge >= 0.3 is 0 Å². The Morgan fingerprint density at radius 2 is 1.81 bits per heavy atom. The summed E-state index contributed by atoms with van der Waals surface area (Å²) in [7, 11) is 1.59. The molecule has 6 nitrogen and oxygen atoms in total. The molecular formula is C20H19ClN4O2. The van der Waals surface area contributed by atoms with E-state index < -0.39 is 0 Å². The third-order valence-corrected chi connectivity index (χ3v) is 4.10. The van der Waals surface area contributed by atoms with Crippen LogP contribution in [0.2, 0.25) is 5.02 Å². The molecule has 0 bridgehead atoms. The molecule has 27 heavy (non-hydrogen) atoms. The number of anilines is 2. The summed E-state index contributed by atoms with van der Waals surface area (Å²) in [6, 6.07) is 16.3. The van der Waals surface area contributed by atoms with Crippen LogP contribution in [0.1, 0.15) is 16.1 Å². The third kappa shape index (κ3) is 5.43. The Bertz CT molecular complexity index is 899. The van der Waals surface area contributed by atoms with Crippen LogP contribution >= 0.6 is 11.6 Å². The summed E-state index contributed by atoms with van der Waals surface area (Å²) in [5.41, 5.74) is 2.10. The standard InChI is InChI=1S/C20H19ClN4O2/c1-27-17-8-6-16(7-9-17)24-19(26)18-11-13-23-20(25-18)22-12-10-14-2-4-15(21)5-3-14/h2-9,11,13H,10,12H2,1H3,(H,24,26)(H,22,23,25). The zero-order valence-corrected chi connectivity index (χ0v) is 15.5. The van der Waals surface area contributed by atoms with Crippen LogP contribution < -0.4 is 15.4 Å². The molecule has 0 aliphatic rings. The van der Waals surface area contributed by atoms with Gasteiger partial charge in [-0.15, -0.1) is 0 Å². The third-order valence-electron chi connectivity index (χ3n) is 3.85. The molecule has 1 heterocycles. The van der Waals surface area contributed by atoms with Gasteiger partial charge in [-0.25, -0.2) is 9.97 Å². The molecule has 2 N–H and O–H groups in total. The first-order chi connectivity index (χ1) is 13.1. The number of hydrogen-bond donors (Lipinski definition) is 2. The van der Waals surface area contributed by atoms with Crippen molar-refractivity contribution >= 4 is 29.1 Å². The fourth-order valence-corrected chi connectivity index (χ4v) is 2.54. The number of halogens is 1. The minimum atomic E-state index is -0.302. The number of nitrogens with one attached hydrogen (secondary N) is 2. The summed E-state index contributed by atoms with van der Waals surface area (Å²) in [6.07, 6.45) is 2.35. The lowest BCUT2D eigenvalue weighted by Crippen LogP contribution is -2.16. The molecule has 7 heteroatoms. The summed E-state index contributed by atoms with van der Waals surface area (Å²) < 4.78 is 5.10. The highest BCUT2D eigenvalue weighted by Crippen LogP contribution is 2.16. The number of rotatable bonds is 7. The summed E-state index contributed by atoms with van der Waals surface area (Å²) in [4.78, 5) is 20.8. The van der Waals surface area contributed by atoms with Gasteiger partial charge in [0.1, 0.15) is 11.4 Å². The number of carbonyl (C=O) groups excluding carboxylic acids is 1. The average Bonchev–Trinajstić information content (AvgIpc) is 2.70. The van der Waals surface area contributed by atoms with Crippen molar-refractivity contribution in [2.24, 2.45) is 0 Å². The van der Waals surface area contributed by atoms with Gasteiger partial charge in [0.25, 0.3) is 5.91 Å². The first-order valence-corrected chi connectivity index (χ1v) is 8.78. The van der Waals surface area contributed by atoms with Gasteiger partial charge in [-0.2, -0.15) is 0 Å². The maximum absolute atomic E-state index is 12.4. The minimum absolute atomic E-state index is 0.287. The van der Waals surface area contributed by atoms with E-state index in [0.29, 0.717) is 23.2 Å². The molecule has 0 saturated carbocycles. The number of methoxy groups -OCH3 is 1. The monoisotopic (exact) mass is 382 g/mol. The van der Waals surface area contributed by atoms with Crippen LogP contribution in [-0.2, 0) is 6.42 Å². The van der Waals surface area contributed by atoms with Crippen molar-refractivity contribution in [3.63, 3.8) is 0 Å². The van der Waals surface area contributed by atoms with Crippen molar-refractivity contribution in [3.05, 3.63) is 77.1 Å². The number of benzene rings is 2. The average molecular weight is 383 g/mol. The predicted molar refractivity (Wildman–Crippen MR) is 107 cm³/mol. The first-order valence-electron chi connectivity index (χ1n) is 8.41. The number of aromatic nitrogens is 2. The Hall–Kier alpha value is -3.12. The Balaban J connectivity index is 1.57. The lowest BCUT2D eigenvalue weighted by atomic mass is 10.1. The molecule has 0 unspecified atom stereocenters. The lowest BCUT2D eigenvalue weighted by Gasteiger charge is -2.08. The van der Waals surface area contributed by atoms with Crippen molar-refractivity contribution in [1.29, 1.82) is 0 Å². The van der Waals surface area contributed by atoms with E-state index in [1.54, 1.807) is 43.6 Å². The highest BCUT2D eigenvalue weighted by Gasteiger charge is 2.09. The van der Waals surface area contributed by atoms with E-state index in [-0.39, 0.29) is 11.6 Å². The lowest BCUT2D eigenvalue weighted by molar-refractivity contribution is 0.102. The predicted octanol–water partition coefficient (Wildman–Crippen LogP) is 4.05. The van der Waals surface area contributed by atoms with E-state index in [9.17, 15) is 4.79 Å². The van der Waals surface area contributed by atoms with Gasteiger partial charge in [0, 0.05) is 23.5 Å². The number of amides is 1. The van der Waals surface area contributed by atoms with Crippen LogP contribution in [0.15, 0.2) is 60.8 Å². The molecule has 3 rings (SSSR count). The highest BCUT2D eigenvalue weighted by atomic mass is 35.5. The molecule has 1 aromatic heterocycles. The van der Waals surface area contributed by atoms with Gasteiger partial charge in [-0.05, 0) is 54.4 Å². The molecule has 138 valence electrons. The molecule has 0 spiro atoms. The topological polar surface area (TPSA) is 76.1 Å². The van der Waals surface area contributed by atoms with Crippen LogP contribution in [-0.4, -0.2) is 29.5 Å². The van der Waals surface area contributed by atoms with Crippen molar-refractivity contribution in [1.82, 2.24) is 9.97 Å². The van der Waals surface area contributed by atoms with Gasteiger partial charge in [0.05, 0.1) is 7.11 Å². The molecule has 0 aliphatic heterocycles. The molecule has 3 aromatic rings. The number of ether oxygens (including phenoxy) is 1. The second-order valence-electron chi connectivity index (χ2n) is 5.75. The van der Waals surface area contributed by atoms with E-state index in [2.05, 4.69) is 20.6 Å². The van der Waals surface area contributed by atoms with Crippen LogP contribution in [0, 0.1) is 0 Å². The quantitative estimate of drug-likeness (QED) is 0.644. The summed E-state index contributed by atoms with van der Waals surface area (Å²) in [5, 5.41) is 6.64. The molecule has 0 saturated heterocycles. The van der Waals surface area contributed by atoms with E-state index in [1.165, 1.54) is 0 Å². The fraction of sp³-hybridized carbons (Fsp3) is 0.150. The maximum Gasteiger partial charge on any atom is 0.274 e. The largest absolute Gasteiger partial charge is 0.497 e. The molecule has 0 aliphatic carbocycles. The second-order valence-corrected chi connectivity index (χ2v) is 6.19. The van der Waals surface area contributed by atoms with Gasteiger partial charge in [0.2, 0.25) is 5.95 Å². The Morgan fingerprint density at radius 3 is 2.52 bits per heavy atom. The van der Waals surface area contributed by atoms with Crippen LogP contribution in [0.3, 0.4) is 0 Å². The van der Waals surface area contributed by atoms with Crippen LogP contribution in [0.25, 0.3) is 0 Å². The Kier molecular flexibility index (Phi) is 6.22. The van der Waals surface area contributed by atoms with Crippen molar-refractivity contribution in [2.75, 3.05) is 24.3 Å². The maximum atomic E-state index is 12.4. The van der Waals surface area contributed by atoms with E-state index >= 15 is 0 Å². The number of carbonyl (C=O) groups is 1. The molecule has 0 fully saturated rings. The molecule has 1 amide bonds. The first kappa shape index (κ1) is 18.7. The van der Waals surface area contributed by atoms with Crippen molar-refractivity contribution < 1.29 is 9.53 Å². The molecule has 0 radical (unpaired) electrons. The summed E-state index contributed by atoms with van der Waals surface area (Å²) in [5.74, 6) is 0.830. The zero-order valence-electron chi connectivity index (χ0n) is 14.8. The van der Waals surface area contributed by atoms with E-state index in [4.69, 9.17) is 16.3 Å². The summed E-state index contributed by atoms with van der Waals surface area (Å²) in [6.45, 7) is 0.644. The fourth-order valence-electron chi connectivity index (χ4n) is 2.41. The van der Waals surface area contributed by atoms with Gasteiger partial charge in [-0.1, -0.05) is 23.7 Å². The number of nitrogens with zero attached hydrogens (tertiary/aromatic N) is 2. The molecule has 0 atom stereocenters. The van der Waals surface area contributed by atoms with Crippen LogP contribution in [0.5, 0.6) is 5.75 Å². The zero-order chi connectivity index (χ0) is 19.1. The second kappa shape index (κ2) is 9.00. The van der Waals surface area contributed by atoms with Gasteiger partial charge in [-0.3, -0.25) is 4.79 Å². The molecular weight excluding hydrogens is 364 g/mol. The normalized spacial score (nSPS) is 10.3. The minimum Gasteiger partial charge on any atom is -0.497 e.